The number of halogens is 2. The largest absolute Gasteiger partial charge is 0.341 e. The van der Waals surface area contributed by atoms with E-state index in [1.165, 1.54) is 6.07 Å². The summed E-state index contributed by atoms with van der Waals surface area (Å²) in [5.41, 5.74) is 1.13. The van der Waals surface area contributed by atoms with E-state index in [9.17, 15) is 14.0 Å². The molecule has 0 saturated carbocycles. The Labute approximate surface area is 189 Å². The monoisotopic (exact) mass is 482 g/mol. The predicted molar refractivity (Wildman–Crippen MR) is 123 cm³/mol. The Morgan fingerprint density at radius 3 is 2.74 bits per heavy atom. The number of rotatable bonds is 4. The number of hydrogen-bond donors (Lipinski definition) is 0. The zero-order chi connectivity index (χ0) is 22.0. The molecule has 1 unspecified atom stereocenters. The van der Waals surface area contributed by atoms with Crippen LogP contribution in [0.2, 0.25) is 0 Å². The van der Waals surface area contributed by atoms with Gasteiger partial charge in [-0.3, -0.25) is 9.59 Å². The van der Waals surface area contributed by atoms with Crippen LogP contribution < -0.4 is 0 Å². The molecule has 1 fully saturated rings. The van der Waals surface area contributed by atoms with Gasteiger partial charge in [0.1, 0.15) is 5.82 Å². The van der Waals surface area contributed by atoms with Gasteiger partial charge in [0, 0.05) is 42.3 Å². The Morgan fingerprint density at radius 1 is 1.13 bits per heavy atom. The normalized spacial score (nSPS) is 16.4. The maximum Gasteiger partial charge on any atom is 0.254 e. The standard InChI is InChI=1S/C25H24BrFN2O2/c1-28(15-19-14-20(26)11-12-23(19)27)24(30)18-8-5-13-29(16-18)25(31)22-10-4-7-17-6-2-3-9-21(17)22/h2-4,6-7,9-12,14,18H,5,8,13,15-16H2,1H3. The van der Waals surface area contributed by atoms with Crippen molar-refractivity contribution in [2.75, 3.05) is 20.1 Å². The van der Waals surface area contributed by atoms with Crippen molar-refractivity contribution in [1.29, 1.82) is 0 Å². The highest BCUT2D eigenvalue weighted by atomic mass is 79.9. The van der Waals surface area contributed by atoms with E-state index in [-0.39, 0.29) is 30.1 Å². The molecule has 4 rings (SSSR count). The van der Waals surface area contributed by atoms with Crippen molar-refractivity contribution in [3.63, 3.8) is 0 Å². The smallest absolute Gasteiger partial charge is 0.254 e. The van der Waals surface area contributed by atoms with Crippen LogP contribution in [0.3, 0.4) is 0 Å². The first-order valence-electron chi connectivity index (χ1n) is 10.4. The highest BCUT2D eigenvalue weighted by molar-refractivity contribution is 9.10. The highest BCUT2D eigenvalue weighted by Gasteiger charge is 2.31. The summed E-state index contributed by atoms with van der Waals surface area (Å²) in [5, 5.41) is 1.94. The first-order valence-corrected chi connectivity index (χ1v) is 11.2. The summed E-state index contributed by atoms with van der Waals surface area (Å²) in [6.45, 7) is 1.21. The summed E-state index contributed by atoms with van der Waals surface area (Å²) < 4.78 is 14.9. The average Bonchev–Trinajstić information content (AvgIpc) is 2.80. The van der Waals surface area contributed by atoms with Crippen LogP contribution in [0.15, 0.2) is 65.1 Å². The molecule has 1 atom stereocenters. The minimum Gasteiger partial charge on any atom is -0.341 e. The second kappa shape index (κ2) is 9.18. The molecule has 2 amide bonds. The lowest BCUT2D eigenvalue weighted by atomic mass is 9.95. The topological polar surface area (TPSA) is 40.6 Å². The van der Waals surface area contributed by atoms with Crippen molar-refractivity contribution in [2.24, 2.45) is 5.92 Å². The van der Waals surface area contributed by atoms with Gasteiger partial charge in [0.25, 0.3) is 5.91 Å². The zero-order valence-electron chi connectivity index (χ0n) is 17.4. The van der Waals surface area contributed by atoms with E-state index in [0.29, 0.717) is 24.2 Å². The Morgan fingerprint density at radius 2 is 1.90 bits per heavy atom. The van der Waals surface area contributed by atoms with E-state index in [2.05, 4.69) is 15.9 Å². The third-order valence-corrected chi connectivity index (χ3v) is 6.36. The summed E-state index contributed by atoms with van der Waals surface area (Å²) in [6, 6.07) is 18.3. The quantitative estimate of drug-likeness (QED) is 0.509. The number of likely N-dealkylation sites (tertiary alicyclic amines) is 1. The van der Waals surface area contributed by atoms with Gasteiger partial charge < -0.3 is 9.80 Å². The molecule has 6 heteroatoms. The summed E-state index contributed by atoms with van der Waals surface area (Å²) in [4.78, 5) is 29.7. The van der Waals surface area contributed by atoms with Crippen molar-refractivity contribution < 1.29 is 14.0 Å². The Balaban J connectivity index is 1.48. The van der Waals surface area contributed by atoms with Crippen molar-refractivity contribution in [2.45, 2.75) is 19.4 Å². The number of hydrogen-bond acceptors (Lipinski definition) is 2. The number of amides is 2. The van der Waals surface area contributed by atoms with Crippen LogP contribution in [0, 0.1) is 11.7 Å². The molecule has 0 radical (unpaired) electrons. The van der Waals surface area contributed by atoms with E-state index in [1.807, 2.05) is 42.5 Å². The van der Waals surface area contributed by atoms with E-state index >= 15 is 0 Å². The molecule has 31 heavy (non-hydrogen) atoms. The van der Waals surface area contributed by atoms with Crippen LogP contribution in [-0.2, 0) is 11.3 Å². The fraction of sp³-hybridized carbons (Fsp3) is 0.280. The number of carbonyl (C=O) groups excluding carboxylic acids is 2. The minimum absolute atomic E-state index is 0.0463. The van der Waals surface area contributed by atoms with Gasteiger partial charge in [0.05, 0.1) is 5.92 Å². The van der Waals surface area contributed by atoms with Crippen LogP contribution in [0.5, 0.6) is 0 Å². The Kier molecular flexibility index (Phi) is 6.37. The van der Waals surface area contributed by atoms with Crippen LogP contribution in [0.4, 0.5) is 4.39 Å². The number of carbonyl (C=O) groups is 2. The summed E-state index contributed by atoms with van der Waals surface area (Å²) in [5.74, 6) is -0.725. The van der Waals surface area contributed by atoms with Crippen molar-refractivity contribution in [1.82, 2.24) is 9.80 Å². The van der Waals surface area contributed by atoms with E-state index in [4.69, 9.17) is 0 Å². The SMILES string of the molecule is CN(Cc1cc(Br)ccc1F)C(=O)C1CCCN(C(=O)c2cccc3ccccc23)C1. The predicted octanol–water partition coefficient (Wildman–Crippen LogP) is 5.25. The van der Waals surface area contributed by atoms with Gasteiger partial charge in [0.15, 0.2) is 0 Å². The molecule has 0 bridgehead atoms. The van der Waals surface area contributed by atoms with E-state index in [1.54, 1.807) is 29.0 Å². The second-order valence-electron chi connectivity index (χ2n) is 8.05. The van der Waals surface area contributed by atoms with Gasteiger partial charge in [-0.15, -0.1) is 0 Å². The maximum atomic E-state index is 14.1. The van der Waals surface area contributed by atoms with Crippen LogP contribution in [-0.4, -0.2) is 41.8 Å². The number of fused-ring (bicyclic) bond motifs is 1. The molecular weight excluding hydrogens is 459 g/mol. The molecular formula is C25H24BrFN2O2. The lowest BCUT2D eigenvalue weighted by Crippen LogP contribution is -2.45. The van der Waals surface area contributed by atoms with Gasteiger partial charge in [0.2, 0.25) is 5.91 Å². The molecule has 0 aliphatic carbocycles. The molecule has 0 N–H and O–H groups in total. The molecule has 1 aliphatic rings. The molecule has 0 aromatic heterocycles. The average molecular weight is 483 g/mol. The third-order valence-electron chi connectivity index (χ3n) is 5.87. The van der Waals surface area contributed by atoms with Gasteiger partial charge >= 0.3 is 0 Å². The van der Waals surface area contributed by atoms with Crippen LogP contribution in [0.25, 0.3) is 10.8 Å². The molecule has 4 nitrogen and oxygen atoms in total. The fourth-order valence-corrected chi connectivity index (χ4v) is 4.66. The van der Waals surface area contributed by atoms with Crippen LogP contribution >= 0.6 is 15.9 Å². The molecule has 1 heterocycles. The summed E-state index contributed by atoms with van der Waals surface area (Å²) in [6.07, 6.45) is 1.50. The number of benzene rings is 3. The Hall–Kier alpha value is -2.73. The van der Waals surface area contributed by atoms with Gasteiger partial charge in [-0.1, -0.05) is 52.3 Å². The van der Waals surface area contributed by atoms with Crippen molar-refractivity contribution in [3.8, 4) is 0 Å². The first-order chi connectivity index (χ1) is 14.9. The zero-order valence-corrected chi connectivity index (χ0v) is 18.9. The minimum atomic E-state index is -0.334. The van der Waals surface area contributed by atoms with Crippen molar-refractivity contribution in [3.05, 3.63) is 82.1 Å². The number of nitrogens with zero attached hydrogens (tertiary/aromatic N) is 2. The number of piperidine rings is 1. The van der Waals surface area contributed by atoms with Gasteiger partial charge in [-0.2, -0.15) is 0 Å². The molecule has 0 spiro atoms. The molecule has 3 aromatic carbocycles. The fourth-order valence-electron chi connectivity index (χ4n) is 4.26. The first kappa shape index (κ1) is 21.5. The Bertz CT molecular complexity index is 1130. The summed E-state index contributed by atoms with van der Waals surface area (Å²) >= 11 is 3.35. The van der Waals surface area contributed by atoms with Crippen LogP contribution in [0.1, 0.15) is 28.8 Å². The van der Waals surface area contributed by atoms with Gasteiger partial charge in [-0.05, 0) is 47.9 Å². The highest BCUT2D eigenvalue weighted by Crippen LogP contribution is 2.25. The maximum absolute atomic E-state index is 14.1. The van der Waals surface area contributed by atoms with Gasteiger partial charge in [-0.25, -0.2) is 4.39 Å². The third kappa shape index (κ3) is 4.64. The molecule has 3 aromatic rings. The summed E-state index contributed by atoms with van der Waals surface area (Å²) in [7, 11) is 1.69. The molecule has 1 saturated heterocycles. The second-order valence-corrected chi connectivity index (χ2v) is 8.96. The van der Waals surface area contributed by atoms with E-state index < -0.39 is 0 Å². The lowest BCUT2D eigenvalue weighted by Gasteiger charge is -2.34. The molecule has 160 valence electrons. The van der Waals surface area contributed by atoms with Crippen molar-refractivity contribution >= 4 is 38.5 Å². The van der Waals surface area contributed by atoms with E-state index in [0.717, 1.165) is 28.1 Å². The molecule has 1 aliphatic heterocycles. The lowest BCUT2D eigenvalue weighted by molar-refractivity contribution is -0.136.